The van der Waals surface area contributed by atoms with Gasteiger partial charge in [0.2, 0.25) is 0 Å². The van der Waals surface area contributed by atoms with E-state index >= 15 is 0 Å². The summed E-state index contributed by atoms with van der Waals surface area (Å²) in [4.78, 5) is 19.6. The predicted octanol–water partition coefficient (Wildman–Crippen LogP) is 3.36. The Labute approximate surface area is 136 Å². The average molecular weight is 313 g/mol. The number of rotatable bonds is 5. The standard InChI is InChI=1S/C18H23N3O2/c1-11-16(18(22)23)20-12(2)21-17(11)19-10-13-8-15(9-13)14-6-4-3-5-7-14/h3-6,13-15H,7-10H2,1-2H3,(H,22,23)(H,19,20,21)/t13-,14?,15+. The summed E-state index contributed by atoms with van der Waals surface area (Å²) in [6.07, 6.45) is 12.5. The van der Waals surface area contributed by atoms with Gasteiger partial charge in [0.25, 0.3) is 0 Å². The van der Waals surface area contributed by atoms with Crippen molar-refractivity contribution < 1.29 is 9.90 Å². The fourth-order valence-electron chi connectivity index (χ4n) is 3.50. The molecule has 5 nitrogen and oxygen atoms in total. The van der Waals surface area contributed by atoms with Gasteiger partial charge in [-0.3, -0.25) is 0 Å². The normalized spacial score (nSPS) is 25.9. The molecule has 0 aliphatic heterocycles. The molecule has 0 radical (unpaired) electrons. The van der Waals surface area contributed by atoms with Crippen molar-refractivity contribution in [1.29, 1.82) is 0 Å². The van der Waals surface area contributed by atoms with Crippen molar-refractivity contribution in [1.82, 2.24) is 9.97 Å². The number of aromatic carboxylic acids is 1. The van der Waals surface area contributed by atoms with Crippen molar-refractivity contribution in [2.75, 3.05) is 11.9 Å². The zero-order valence-corrected chi connectivity index (χ0v) is 13.6. The minimum Gasteiger partial charge on any atom is -0.476 e. The SMILES string of the molecule is Cc1nc(NC[C@H]2C[C@@H](C3C=CC=CC3)C2)c(C)c(C(=O)O)n1. The van der Waals surface area contributed by atoms with Crippen LogP contribution in [0.25, 0.3) is 0 Å². The summed E-state index contributed by atoms with van der Waals surface area (Å²) in [5.41, 5.74) is 0.699. The molecule has 1 fully saturated rings. The molecule has 5 heteroatoms. The van der Waals surface area contributed by atoms with Crippen molar-refractivity contribution in [2.45, 2.75) is 33.1 Å². The third kappa shape index (κ3) is 3.44. The van der Waals surface area contributed by atoms with Crippen LogP contribution in [0, 0.1) is 31.6 Å². The van der Waals surface area contributed by atoms with E-state index in [1.165, 1.54) is 12.8 Å². The van der Waals surface area contributed by atoms with E-state index in [1.54, 1.807) is 13.8 Å². The Morgan fingerprint density at radius 3 is 2.74 bits per heavy atom. The second kappa shape index (κ2) is 6.52. The van der Waals surface area contributed by atoms with Crippen molar-refractivity contribution in [3.63, 3.8) is 0 Å². The third-order valence-electron chi connectivity index (χ3n) is 4.91. The minimum absolute atomic E-state index is 0.0885. The van der Waals surface area contributed by atoms with E-state index in [9.17, 15) is 9.90 Å². The van der Waals surface area contributed by atoms with Crippen LogP contribution in [0.3, 0.4) is 0 Å². The topological polar surface area (TPSA) is 75.1 Å². The van der Waals surface area contributed by atoms with Crippen molar-refractivity contribution >= 4 is 11.8 Å². The van der Waals surface area contributed by atoms with Crippen LogP contribution in [0.15, 0.2) is 24.3 Å². The first kappa shape index (κ1) is 15.7. The third-order valence-corrected chi connectivity index (χ3v) is 4.91. The molecule has 23 heavy (non-hydrogen) atoms. The number of nitrogens with zero attached hydrogens (tertiary/aromatic N) is 2. The highest BCUT2D eigenvalue weighted by molar-refractivity contribution is 5.88. The Hall–Kier alpha value is -2.17. The highest BCUT2D eigenvalue weighted by Crippen LogP contribution is 2.41. The zero-order chi connectivity index (χ0) is 16.4. The van der Waals surface area contributed by atoms with E-state index in [-0.39, 0.29) is 5.69 Å². The van der Waals surface area contributed by atoms with Gasteiger partial charge in [0.1, 0.15) is 11.6 Å². The van der Waals surface area contributed by atoms with Crippen molar-refractivity contribution in [3.8, 4) is 0 Å². The molecule has 1 aromatic heterocycles. The first-order valence-corrected chi connectivity index (χ1v) is 8.20. The van der Waals surface area contributed by atoms with Crippen LogP contribution in [0.1, 0.15) is 41.1 Å². The molecular weight excluding hydrogens is 290 g/mol. The van der Waals surface area contributed by atoms with Crippen LogP contribution in [-0.2, 0) is 0 Å². The van der Waals surface area contributed by atoms with Gasteiger partial charge in [-0.15, -0.1) is 0 Å². The van der Waals surface area contributed by atoms with Crippen molar-refractivity contribution in [2.24, 2.45) is 17.8 Å². The number of hydrogen-bond donors (Lipinski definition) is 2. The lowest BCUT2D eigenvalue weighted by Crippen LogP contribution is -2.34. The Balaban J connectivity index is 1.55. The maximum atomic E-state index is 11.2. The first-order chi connectivity index (χ1) is 11.0. The van der Waals surface area contributed by atoms with Gasteiger partial charge >= 0.3 is 5.97 Å². The van der Waals surface area contributed by atoms with E-state index in [0.29, 0.717) is 29.0 Å². The highest BCUT2D eigenvalue weighted by Gasteiger charge is 2.33. The lowest BCUT2D eigenvalue weighted by atomic mass is 9.67. The van der Waals surface area contributed by atoms with Gasteiger partial charge < -0.3 is 10.4 Å². The first-order valence-electron chi connectivity index (χ1n) is 8.20. The molecule has 0 aromatic carbocycles. The number of anilines is 1. The molecule has 3 rings (SSSR count). The van der Waals surface area contributed by atoms with Crippen molar-refractivity contribution in [3.05, 3.63) is 41.4 Å². The summed E-state index contributed by atoms with van der Waals surface area (Å²) >= 11 is 0. The second-order valence-corrected chi connectivity index (χ2v) is 6.59. The smallest absolute Gasteiger partial charge is 0.354 e. The number of aromatic nitrogens is 2. The maximum absolute atomic E-state index is 11.2. The molecule has 0 bridgehead atoms. The molecule has 0 saturated heterocycles. The largest absolute Gasteiger partial charge is 0.476 e. The summed E-state index contributed by atoms with van der Waals surface area (Å²) < 4.78 is 0. The molecule has 1 heterocycles. The number of hydrogen-bond acceptors (Lipinski definition) is 4. The van der Waals surface area contributed by atoms with Crippen LogP contribution in [-0.4, -0.2) is 27.6 Å². The van der Waals surface area contributed by atoms with E-state index in [2.05, 4.69) is 39.6 Å². The average Bonchev–Trinajstić information content (AvgIpc) is 2.49. The Morgan fingerprint density at radius 2 is 2.09 bits per heavy atom. The van der Waals surface area contributed by atoms with E-state index in [0.717, 1.165) is 18.9 Å². The minimum atomic E-state index is -1.00. The lowest BCUT2D eigenvalue weighted by molar-refractivity contribution is 0.0689. The van der Waals surface area contributed by atoms with Crippen LogP contribution >= 0.6 is 0 Å². The van der Waals surface area contributed by atoms with E-state index < -0.39 is 5.97 Å². The summed E-state index contributed by atoms with van der Waals surface area (Å²) in [6.45, 7) is 4.33. The Morgan fingerprint density at radius 1 is 1.30 bits per heavy atom. The van der Waals surface area contributed by atoms with Gasteiger partial charge in [-0.1, -0.05) is 24.3 Å². The van der Waals surface area contributed by atoms with Gasteiger partial charge in [-0.05, 0) is 50.9 Å². The molecule has 122 valence electrons. The summed E-state index contributed by atoms with van der Waals surface area (Å²) in [5, 5.41) is 12.5. The monoisotopic (exact) mass is 313 g/mol. The highest BCUT2D eigenvalue weighted by atomic mass is 16.4. The summed E-state index contributed by atoms with van der Waals surface area (Å²) in [6, 6.07) is 0. The van der Waals surface area contributed by atoms with Gasteiger partial charge in [0, 0.05) is 12.1 Å². The van der Waals surface area contributed by atoms with E-state index in [4.69, 9.17) is 0 Å². The number of carboxylic acids is 1. The molecule has 1 atom stereocenters. The van der Waals surface area contributed by atoms with E-state index in [1.807, 2.05) is 0 Å². The van der Waals surface area contributed by atoms with Gasteiger partial charge in [0.05, 0.1) is 0 Å². The number of carbonyl (C=O) groups is 1. The zero-order valence-electron chi connectivity index (χ0n) is 13.6. The summed E-state index contributed by atoms with van der Waals surface area (Å²) in [5.74, 6) is 2.25. The number of carboxylic acid groups (broad SMARTS) is 1. The van der Waals surface area contributed by atoms with Crippen LogP contribution in [0.5, 0.6) is 0 Å². The maximum Gasteiger partial charge on any atom is 0.354 e. The molecule has 1 saturated carbocycles. The Bertz CT molecular complexity index is 660. The quantitative estimate of drug-likeness (QED) is 0.872. The van der Waals surface area contributed by atoms with Gasteiger partial charge in [-0.2, -0.15) is 0 Å². The molecule has 0 spiro atoms. The predicted molar refractivity (Wildman–Crippen MR) is 89.6 cm³/mol. The number of nitrogens with one attached hydrogen (secondary N) is 1. The number of aryl methyl sites for hydroxylation is 1. The second-order valence-electron chi connectivity index (χ2n) is 6.59. The molecule has 1 unspecified atom stereocenters. The number of allylic oxidation sites excluding steroid dienone is 4. The molecular formula is C18H23N3O2. The van der Waals surface area contributed by atoms with Crippen LogP contribution in [0.2, 0.25) is 0 Å². The molecule has 2 N–H and O–H groups in total. The van der Waals surface area contributed by atoms with Gasteiger partial charge in [0.15, 0.2) is 5.69 Å². The van der Waals surface area contributed by atoms with Crippen LogP contribution < -0.4 is 5.32 Å². The van der Waals surface area contributed by atoms with Gasteiger partial charge in [-0.25, -0.2) is 14.8 Å². The molecule has 2 aliphatic rings. The fourth-order valence-corrected chi connectivity index (χ4v) is 3.50. The molecule has 1 aromatic rings. The molecule has 0 amide bonds. The Kier molecular flexibility index (Phi) is 4.46. The summed E-state index contributed by atoms with van der Waals surface area (Å²) in [7, 11) is 0. The molecule has 2 aliphatic carbocycles. The lowest BCUT2D eigenvalue weighted by Gasteiger charge is -2.40. The van der Waals surface area contributed by atoms with Crippen LogP contribution in [0.4, 0.5) is 5.82 Å². The fraction of sp³-hybridized carbons (Fsp3) is 0.500.